The van der Waals surface area contributed by atoms with Gasteiger partial charge in [-0.05, 0) is 63.6 Å². The van der Waals surface area contributed by atoms with E-state index in [9.17, 15) is 0 Å². The van der Waals surface area contributed by atoms with Gasteiger partial charge in [0.25, 0.3) is 0 Å². The molecule has 0 spiro atoms. The van der Waals surface area contributed by atoms with Crippen molar-refractivity contribution >= 4 is 21.5 Å². The monoisotopic (exact) mass is 800 g/mol. The Kier molecular flexibility index (Phi) is 10.4. The largest absolute Gasteiger partial charge is 0.232 e. The van der Waals surface area contributed by atoms with E-state index >= 15 is 0 Å². The first-order valence-electron chi connectivity index (χ1n) is 21.9. The molecule has 0 radical (unpaired) electrons. The summed E-state index contributed by atoms with van der Waals surface area (Å²) in [7, 11) is 0. The molecule has 2 aromatic heterocycles. The molecule has 0 fully saturated rings. The lowest BCUT2D eigenvalue weighted by atomic mass is 9.67. The highest BCUT2D eigenvalue weighted by Gasteiger charge is 2.35. The minimum atomic E-state index is -0.171. The van der Waals surface area contributed by atoms with E-state index in [0.717, 1.165) is 69.3 Å². The van der Waals surface area contributed by atoms with Crippen molar-refractivity contribution in [3.63, 3.8) is 0 Å². The Labute approximate surface area is 364 Å². The molecule has 9 aromatic rings. The fourth-order valence-corrected chi connectivity index (χ4v) is 9.52. The van der Waals surface area contributed by atoms with Crippen LogP contribution in [0.1, 0.15) is 50.9 Å². The lowest BCUT2D eigenvalue weighted by Gasteiger charge is -2.37. The van der Waals surface area contributed by atoms with E-state index in [4.69, 9.17) is 19.9 Å². The van der Waals surface area contributed by atoms with Crippen molar-refractivity contribution in [1.82, 2.24) is 19.9 Å². The van der Waals surface area contributed by atoms with Gasteiger partial charge in [0.15, 0.2) is 5.82 Å². The van der Waals surface area contributed by atoms with Gasteiger partial charge in [0.1, 0.15) is 5.82 Å². The minimum absolute atomic E-state index is 0.0231. The number of rotatable bonds is 10. The number of nitrogens with zero attached hydrogens (tertiary/aromatic N) is 4. The molecular formula is C58H48N4. The molecule has 2 unspecified atom stereocenters. The first-order valence-corrected chi connectivity index (χ1v) is 21.9. The van der Waals surface area contributed by atoms with E-state index in [-0.39, 0.29) is 17.3 Å². The van der Waals surface area contributed by atoms with Crippen molar-refractivity contribution in [2.45, 2.75) is 44.9 Å². The average molecular weight is 801 g/mol. The summed E-state index contributed by atoms with van der Waals surface area (Å²) in [5, 5.41) is 4.76. The average Bonchev–Trinajstić information content (AvgIpc) is 3.34. The highest BCUT2D eigenvalue weighted by atomic mass is 14.9. The Balaban J connectivity index is 0.999. The molecule has 2 heterocycles. The molecule has 0 saturated heterocycles. The second kappa shape index (κ2) is 16.6. The van der Waals surface area contributed by atoms with E-state index < -0.39 is 0 Å². The fourth-order valence-electron chi connectivity index (χ4n) is 9.52. The number of allylic oxidation sites excluding steroid dienone is 4. The summed E-state index contributed by atoms with van der Waals surface area (Å²) in [5.41, 5.74) is 11.5. The smallest absolute Gasteiger partial charge is 0.160 e. The molecule has 0 amide bonds. The molecule has 0 aliphatic heterocycles. The predicted molar refractivity (Wildman–Crippen MR) is 258 cm³/mol. The third kappa shape index (κ3) is 7.22. The van der Waals surface area contributed by atoms with Crippen LogP contribution < -0.4 is 0 Å². The molecule has 62 heavy (non-hydrogen) atoms. The normalized spacial score (nSPS) is 15.2. The number of benzene rings is 7. The Morgan fingerprint density at radius 1 is 0.468 bits per heavy atom. The van der Waals surface area contributed by atoms with Crippen LogP contribution in [0.2, 0.25) is 0 Å². The van der Waals surface area contributed by atoms with Crippen LogP contribution in [0, 0.1) is 5.92 Å². The van der Waals surface area contributed by atoms with E-state index in [1.807, 2.05) is 6.07 Å². The maximum atomic E-state index is 5.34. The van der Waals surface area contributed by atoms with Crippen molar-refractivity contribution < 1.29 is 0 Å². The number of aromatic nitrogens is 4. The van der Waals surface area contributed by atoms with Gasteiger partial charge in [0, 0.05) is 39.2 Å². The maximum absolute atomic E-state index is 5.34. The van der Waals surface area contributed by atoms with Crippen LogP contribution in [0.4, 0.5) is 0 Å². The molecule has 1 aliphatic rings. The summed E-state index contributed by atoms with van der Waals surface area (Å²) in [6.45, 7) is 6.94. The summed E-state index contributed by atoms with van der Waals surface area (Å²) in [4.78, 5) is 21.0. The molecule has 2 atom stereocenters. The maximum Gasteiger partial charge on any atom is 0.160 e. The summed E-state index contributed by atoms with van der Waals surface area (Å²) in [5.74, 6) is 1.76. The molecular weight excluding hydrogens is 753 g/mol. The third-order valence-corrected chi connectivity index (χ3v) is 13.0. The van der Waals surface area contributed by atoms with Crippen LogP contribution in [0.3, 0.4) is 0 Å². The summed E-state index contributed by atoms with van der Waals surface area (Å²) >= 11 is 0. The van der Waals surface area contributed by atoms with Crippen molar-refractivity contribution in [2.24, 2.45) is 5.92 Å². The molecule has 0 saturated carbocycles. The van der Waals surface area contributed by atoms with E-state index in [2.05, 4.69) is 215 Å². The lowest BCUT2D eigenvalue weighted by molar-refractivity contribution is 0.463. The van der Waals surface area contributed by atoms with E-state index in [1.165, 1.54) is 32.7 Å². The highest BCUT2D eigenvalue weighted by molar-refractivity contribution is 5.97. The van der Waals surface area contributed by atoms with Gasteiger partial charge < -0.3 is 0 Å². The van der Waals surface area contributed by atoms with Crippen LogP contribution in [0.5, 0.6) is 0 Å². The van der Waals surface area contributed by atoms with Crippen molar-refractivity contribution in [3.8, 4) is 56.4 Å². The lowest BCUT2D eigenvalue weighted by Crippen LogP contribution is -2.29. The SMILES string of the molecule is CCC(CC)(C1=CC(C)C(c2nc(-c3ccccc3)cc(-c3cccc4ccccc34)n2)C=C1)c1ccc(-c2nc(-c3ccccc3)cc(-c3cccc4ccccc34)n2)cc1. The number of hydrogen-bond acceptors (Lipinski definition) is 4. The third-order valence-electron chi connectivity index (χ3n) is 13.0. The standard InChI is InChI=1S/C58H48N4/c1-4-58(5-2,45-32-30-44(31-33-45)56-59-52(42-20-8-6-9-21-42)37-54(61-56)50-28-16-24-40-18-12-14-26-48(40)50)46-34-35-47(39(3)36-46)57-60-53(43-22-10-7-11-23-43)38-55(62-57)51-29-17-25-41-19-13-15-27-49(41)51/h6-39,47H,4-5H2,1-3H3. The minimum Gasteiger partial charge on any atom is -0.232 e. The molecule has 10 rings (SSSR count). The fraction of sp³-hybridized carbons (Fsp3) is 0.138. The summed E-state index contributed by atoms with van der Waals surface area (Å²) in [6.07, 6.45) is 9.11. The summed E-state index contributed by atoms with van der Waals surface area (Å²) in [6, 6.07) is 64.1. The van der Waals surface area contributed by atoms with Crippen LogP contribution in [-0.2, 0) is 5.41 Å². The Hall–Kier alpha value is -7.30. The van der Waals surface area contributed by atoms with E-state index in [0.29, 0.717) is 5.82 Å². The second-order valence-electron chi connectivity index (χ2n) is 16.5. The highest BCUT2D eigenvalue weighted by Crippen LogP contribution is 2.45. The van der Waals surface area contributed by atoms with Crippen molar-refractivity contribution in [3.05, 3.63) is 217 Å². The van der Waals surface area contributed by atoms with Crippen molar-refractivity contribution in [1.29, 1.82) is 0 Å². The Morgan fingerprint density at radius 2 is 0.952 bits per heavy atom. The van der Waals surface area contributed by atoms with Gasteiger partial charge in [-0.1, -0.05) is 209 Å². The molecule has 0 bridgehead atoms. The van der Waals surface area contributed by atoms with Gasteiger partial charge >= 0.3 is 0 Å². The van der Waals surface area contributed by atoms with Crippen molar-refractivity contribution in [2.75, 3.05) is 0 Å². The Bertz CT molecular complexity index is 3100. The van der Waals surface area contributed by atoms with Gasteiger partial charge in [-0.15, -0.1) is 0 Å². The first kappa shape index (κ1) is 38.9. The molecule has 4 heteroatoms. The molecule has 7 aromatic carbocycles. The van der Waals surface area contributed by atoms with Crippen LogP contribution in [-0.4, -0.2) is 19.9 Å². The van der Waals surface area contributed by atoms with Crippen LogP contribution >= 0.6 is 0 Å². The van der Waals surface area contributed by atoms with Gasteiger partial charge in [-0.3, -0.25) is 0 Å². The number of fused-ring (bicyclic) bond motifs is 2. The van der Waals surface area contributed by atoms with Crippen LogP contribution in [0.15, 0.2) is 206 Å². The zero-order valence-electron chi connectivity index (χ0n) is 35.4. The Morgan fingerprint density at radius 3 is 1.52 bits per heavy atom. The van der Waals surface area contributed by atoms with Crippen LogP contribution in [0.25, 0.3) is 78.0 Å². The van der Waals surface area contributed by atoms with Gasteiger partial charge in [-0.25, -0.2) is 19.9 Å². The number of hydrogen-bond donors (Lipinski definition) is 0. The van der Waals surface area contributed by atoms with E-state index in [1.54, 1.807) is 0 Å². The molecule has 300 valence electrons. The topological polar surface area (TPSA) is 51.6 Å². The second-order valence-corrected chi connectivity index (χ2v) is 16.5. The first-order chi connectivity index (χ1) is 30.5. The zero-order valence-corrected chi connectivity index (χ0v) is 35.4. The predicted octanol–water partition coefficient (Wildman–Crippen LogP) is 14.9. The van der Waals surface area contributed by atoms with Gasteiger partial charge in [0.2, 0.25) is 0 Å². The van der Waals surface area contributed by atoms with Gasteiger partial charge in [0.05, 0.1) is 22.8 Å². The molecule has 4 nitrogen and oxygen atoms in total. The van der Waals surface area contributed by atoms with Gasteiger partial charge in [-0.2, -0.15) is 0 Å². The quantitative estimate of drug-likeness (QED) is 0.138. The zero-order chi connectivity index (χ0) is 42.0. The summed E-state index contributed by atoms with van der Waals surface area (Å²) < 4.78 is 0. The molecule has 1 aliphatic carbocycles. The molecule has 0 N–H and O–H groups in total.